The molecule has 0 aromatic carbocycles. The fraction of sp³-hybridized carbons (Fsp3) is 0. The van der Waals surface area contributed by atoms with Crippen LogP contribution in [0.3, 0.4) is 0 Å². The highest BCUT2D eigenvalue weighted by Crippen LogP contribution is -0.475. The van der Waals surface area contributed by atoms with Crippen LogP contribution < -0.4 is 43.0 Å². The van der Waals surface area contributed by atoms with Crippen LogP contribution >= 0.6 is 0 Å². The maximum absolute atomic E-state index is 5.25. The summed E-state index contributed by atoms with van der Waals surface area (Å²) < 4.78 is 36.8. The third-order valence-electron chi connectivity index (χ3n) is 0. The molecule has 0 bridgehead atoms. The molecule has 56 valence electrons. The van der Waals surface area contributed by atoms with Crippen molar-refractivity contribution in [3.63, 3.8) is 0 Å². The average molecular weight is 126 g/mol. The summed E-state index contributed by atoms with van der Waals surface area (Å²) in [7, 11) is 0. The zero-order chi connectivity index (χ0) is 14.0. The Balaban J connectivity index is -0.00000000817. The molecule has 0 saturated carbocycles. The van der Waals surface area contributed by atoms with Gasteiger partial charge in [-0.25, -0.2) is 0 Å². The zero-order valence-electron chi connectivity index (χ0n) is 11.0. The van der Waals surface area contributed by atoms with Crippen LogP contribution in [0.1, 0.15) is 0 Å². The summed E-state index contributed by atoms with van der Waals surface area (Å²) >= 11 is 0. The summed E-state index contributed by atoms with van der Waals surface area (Å²) in [6, 6.07) is 0. The largest absolute Gasteiger partial charge is 0.344 e. The van der Waals surface area contributed by atoms with Crippen molar-refractivity contribution < 1.29 is 9.88 Å². The molecular formula is H21N7. The van der Waals surface area contributed by atoms with Crippen molar-refractivity contribution in [2.45, 2.75) is 0 Å². The first-order chi connectivity index (χ1) is 7.00. The number of hydrogen-bond donors (Lipinski definition) is 7. The van der Waals surface area contributed by atoms with Gasteiger partial charge in [0.05, 0.1) is 0 Å². The fourth-order valence-electron chi connectivity index (χ4n) is 0. The summed E-state index contributed by atoms with van der Waals surface area (Å²) in [5, 5.41) is 0. The van der Waals surface area contributed by atoms with E-state index in [-0.39, 0.29) is 0 Å². The number of hydrogen-bond acceptors (Lipinski definition) is 7. The molecule has 0 spiro atoms. The van der Waals surface area contributed by atoms with Crippen molar-refractivity contribution in [3.8, 4) is 0 Å². The van der Waals surface area contributed by atoms with Crippen molar-refractivity contribution in [2.75, 3.05) is 0 Å². The second-order valence-electron chi connectivity index (χ2n) is 0. The van der Waals surface area contributed by atoms with Gasteiger partial charge in [-0.15, -0.1) is 0 Å². The molecule has 0 rings (SSSR count). The summed E-state index contributed by atoms with van der Waals surface area (Å²) in [4.78, 5) is 0. The Hall–Kier alpha value is -0.280. The predicted octanol–water partition coefficient (Wildman–Crippen LogP) is 1.13. The highest BCUT2D eigenvalue weighted by Gasteiger charge is -0.338. The molecule has 0 aliphatic carbocycles. The molecule has 0 aromatic heterocycles. The fourth-order valence-corrected chi connectivity index (χ4v) is 0. The molecule has 0 aliphatic rings. The Morgan fingerprint density at radius 2 is 0.429 bits per heavy atom. The van der Waals surface area contributed by atoms with Crippen molar-refractivity contribution in [1.29, 1.82) is 0 Å². The Morgan fingerprint density at radius 1 is 0.429 bits per heavy atom. The van der Waals surface area contributed by atoms with Gasteiger partial charge in [0.1, 0.15) is 9.88 Å². The SMILES string of the molecule is [2H]N.[2H]N.[2H]N.[2H]N.[2H]N.[2H]N.[2H]N. The van der Waals surface area contributed by atoms with Gasteiger partial charge in [-0.3, -0.25) is 0 Å². The van der Waals surface area contributed by atoms with E-state index in [0.717, 1.165) is 0 Å². The lowest BCUT2D eigenvalue weighted by Gasteiger charge is -0.345. The van der Waals surface area contributed by atoms with Crippen molar-refractivity contribution in [1.82, 2.24) is 43.0 Å². The highest BCUT2D eigenvalue weighted by atomic mass is 14.0. The van der Waals surface area contributed by atoms with Gasteiger partial charge in [0, 0.05) is 0 Å². The molecule has 7 heteroatoms. The topological polar surface area (TPSA) is 245 Å². The van der Waals surface area contributed by atoms with Gasteiger partial charge in [0.2, 0.25) is 0 Å². The lowest BCUT2D eigenvalue weighted by molar-refractivity contribution is 2.13. The normalized spacial score (nSPS) is 7.00. The molecule has 0 saturated heterocycles. The molecule has 0 radical (unpaired) electrons. The van der Waals surface area contributed by atoms with Crippen LogP contribution in [-0.4, -0.2) is 0 Å². The molecule has 0 fully saturated rings. The maximum Gasteiger partial charge on any atom is 0.115 e. The quantitative estimate of drug-likeness (QED) is 0.249. The van der Waals surface area contributed by atoms with Crippen LogP contribution in [0.2, 0.25) is 9.88 Å². The third kappa shape index (κ3) is 1010. The summed E-state index contributed by atoms with van der Waals surface area (Å²) in [6.07, 6.45) is 26.2. The molecule has 21 N–H and O–H groups in total. The van der Waals surface area contributed by atoms with Crippen LogP contribution in [0, 0.1) is 0 Å². The molecule has 0 atom stereocenters. The predicted molar refractivity (Wildman–Crippen MR) is 35.2 cm³/mol. The first kappa shape index (κ1) is 4.87. The van der Waals surface area contributed by atoms with E-state index < -0.39 is 0 Å². The molecule has 0 unspecified atom stereocenters. The van der Waals surface area contributed by atoms with E-state index in [1.54, 1.807) is 0 Å². The molecule has 0 aliphatic heterocycles. The van der Waals surface area contributed by atoms with Crippen molar-refractivity contribution >= 4 is 0 Å². The second-order valence-corrected chi connectivity index (χ2v) is 0. The molecule has 0 heterocycles. The van der Waals surface area contributed by atoms with E-state index in [2.05, 4.69) is 43.0 Å². The lowest BCUT2D eigenvalue weighted by Crippen LogP contribution is -0.482. The van der Waals surface area contributed by atoms with E-state index in [4.69, 9.17) is 9.88 Å². The van der Waals surface area contributed by atoms with Crippen molar-refractivity contribution in [3.05, 3.63) is 0 Å². The Morgan fingerprint density at radius 3 is 0.429 bits per heavy atom. The lowest BCUT2D eigenvalue weighted by atomic mass is 14.0. The zero-order valence-corrected chi connectivity index (χ0v) is 4.04. The first-order valence-electron chi connectivity index (χ1n) is 4.04. The van der Waals surface area contributed by atoms with Gasteiger partial charge in [-0.2, -0.15) is 0 Å². The first-order valence-corrected chi connectivity index (χ1v) is 0. The van der Waals surface area contributed by atoms with Crippen LogP contribution in [0.4, 0.5) is 0 Å². The minimum absolute atomic E-state index is 3.75. The molecular weight excluding hydrogens is 98.0 g/mol. The van der Waals surface area contributed by atoms with E-state index in [9.17, 15) is 0 Å². The molecule has 7 nitrogen and oxygen atoms in total. The van der Waals surface area contributed by atoms with Gasteiger partial charge in [-0.1, -0.05) is 0 Å². The summed E-state index contributed by atoms with van der Waals surface area (Å²) in [5.41, 5.74) is 0. The van der Waals surface area contributed by atoms with Gasteiger partial charge < -0.3 is 43.0 Å². The van der Waals surface area contributed by atoms with Gasteiger partial charge in [0.15, 0.2) is 0 Å². The average Bonchev–Trinajstić information content (AvgIpc) is 2.45. The number of rotatable bonds is 0. The summed E-state index contributed by atoms with van der Waals surface area (Å²) in [6.45, 7) is 0. The summed E-state index contributed by atoms with van der Waals surface area (Å²) in [5.74, 6) is 0. The smallest absolute Gasteiger partial charge is 0.115 e. The van der Waals surface area contributed by atoms with Crippen molar-refractivity contribution in [2.24, 2.45) is 0 Å². The Bertz CT molecular complexity index is 14.0. The van der Waals surface area contributed by atoms with E-state index >= 15 is 0 Å². The molecule has 7 heavy (non-hydrogen) atoms. The monoisotopic (exact) mass is 126 g/mol. The van der Waals surface area contributed by atoms with Crippen LogP contribution in [-0.2, 0) is 0 Å². The minimum atomic E-state index is 3.75. The standard InChI is InChI=1S/7H3N/h7*1H3/i/hD7. The second kappa shape index (κ2) is 1630. The van der Waals surface area contributed by atoms with Gasteiger partial charge >= 0.3 is 0 Å². The van der Waals surface area contributed by atoms with Crippen LogP contribution in [0.25, 0.3) is 0 Å². The van der Waals surface area contributed by atoms with E-state index in [1.807, 2.05) is 0 Å². The Labute approximate surface area is 54.6 Å². The highest BCUT2D eigenvalue weighted by molar-refractivity contribution is 2.14. The molecule has 0 amide bonds. The minimum Gasteiger partial charge on any atom is -0.344 e. The van der Waals surface area contributed by atoms with Crippen LogP contribution in [0.15, 0.2) is 0 Å². The van der Waals surface area contributed by atoms with E-state index in [0.29, 0.717) is 0 Å². The van der Waals surface area contributed by atoms with E-state index in [1.165, 1.54) is 0 Å². The van der Waals surface area contributed by atoms with Gasteiger partial charge in [-0.05, 0) is 0 Å². The molecule has 0 aromatic rings. The Kier molecular flexibility index (Phi) is 1130. The maximum atomic E-state index is 5.25. The van der Waals surface area contributed by atoms with Crippen LogP contribution in [0.5, 0.6) is 0 Å². The van der Waals surface area contributed by atoms with Gasteiger partial charge in [0.25, 0.3) is 0 Å². The third-order valence-corrected chi connectivity index (χ3v) is 0.